The molecule has 1 fully saturated rings. The van der Waals surface area contributed by atoms with Gasteiger partial charge < -0.3 is 19.5 Å². The van der Waals surface area contributed by atoms with Gasteiger partial charge in [0.15, 0.2) is 13.9 Å². The van der Waals surface area contributed by atoms with Crippen molar-refractivity contribution in [2.45, 2.75) is 63.1 Å². The van der Waals surface area contributed by atoms with E-state index in [0.29, 0.717) is 24.1 Å². The van der Waals surface area contributed by atoms with Crippen molar-refractivity contribution in [1.29, 1.82) is 0 Å². The summed E-state index contributed by atoms with van der Waals surface area (Å²) in [5, 5.41) is 21.5. The highest BCUT2D eigenvalue weighted by molar-refractivity contribution is 6.71. The molecular formula is C32H35N3O7Si. The number of carbonyl (C=O) groups excluding carboxylic acids is 2. The molecule has 0 saturated carbocycles. The molecule has 3 heterocycles. The van der Waals surface area contributed by atoms with Gasteiger partial charge in [0, 0.05) is 47.9 Å². The molecule has 11 heteroatoms. The monoisotopic (exact) mass is 601 g/mol. The van der Waals surface area contributed by atoms with Crippen LogP contribution < -0.4 is 9.80 Å². The van der Waals surface area contributed by atoms with Crippen LogP contribution in [0.25, 0.3) is 0 Å². The van der Waals surface area contributed by atoms with E-state index in [1.54, 1.807) is 29.0 Å². The largest absolute Gasteiger partial charge is 0.432 e. The summed E-state index contributed by atoms with van der Waals surface area (Å²) in [4.78, 5) is 53.2. The van der Waals surface area contributed by atoms with E-state index in [9.17, 15) is 29.6 Å². The summed E-state index contributed by atoms with van der Waals surface area (Å²) in [5.74, 6) is -0.807. The molecule has 1 saturated heterocycles. The molecule has 3 aliphatic heterocycles. The van der Waals surface area contributed by atoms with Gasteiger partial charge in [0.25, 0.3) is 11.6 Å². The number of rotatable bonds is 7. The van der Waals surface area contributed by atoms with Gasteiger partial charge in [0.2, 0.25) is 5.91 Å². The van der Waals surface area contributed by atoms with Crippen molar-refractivity contribution in [2.24, 2.45) is 5.92 Å². The van der Waals surface area contributed by atoms with Crippen LogP contribution in [0.2, 0.25) is 18.6 Å². The van der Waals surface area contributed by atoms with E-state index in [2.05, 4.69) is 0 Å². The zero-order valence-electron chi connectivity index (χ0n) is 24.4. The second-order valence-corrected chi connectivity index (χ2v) is 16.2. The average Bonchev–Trinajstić information content (AvgIpc) is 3.40. The zero-order valence-corrected chi connectivity index (χ0v) is 25.4. The molecule has 0 unspecified atom stereocenters. The fraction of sp³-hybridized carbons (Fsp3) is 0.375. The van der Waals surface area contributed by atoms with Gasteiger partial charge in [-0.15, -0.1) is 0 Å². The zero-order chi connectivity index (χ0) is 30.7. The molecule has 0 radical (unpaired) electrons. The van der Waals surface area contributed by atoms with E-state index >= 15 is 0 Å². The third-order valence-corrected chi connectivity index (χ3v) is 11.7. The fourth-order valence-electron chi connectivity index (χ4n) is 7.38. The van der Waals surface area contributed by atoms with Crippen LogP contribution in [-0.4, -0.2) is 47.7 Å². The minimum atomic E-state index is -2.89. The Morgan fingerprint density at radius 2 is 1.77 bits per heavy atom. The lowest BCUT2D eigenvalue weighted by Crippen LogP contribution is -2.46. The molecule has 6 rings (SSSR count). The van der Waals surface area contributed by atoms with Crippen molar-refractivity contribution < 1.29 is 29.2 Å². The summed E-state index contributed by atoms with van der Waals surface area (Å²) in [6.07, 6.45) is 0.796. The second-order valence-electron chi connectivity index (χ2n) is 12.2. The van der Waals surface area contributed by atoms with Gasteiger partial charge in [0.05, 0.1) is 28.9 Å². The first kappa shape index (κ1) is 29.2. The molecule has 2 amide bonds. The van der Waals surface area contributed by atoms with Gasteiger partial charge in [-0.05, 0) is 61.3 Å². The van der Waals surface area contributed by atoms with E-state index in [1.165, 1.54) is 12.1 Å². The number of para-hydroxylation sites is 1. The van der Waals surface area contributed by atoms with E-state index < -0.39 is 30.9 Å². The first-order valence-corrected chi connectivity index (χ1v) is 17.6. The van der Waals surface area contributed by atoms with Crippen LogP contribution in [0, 0.1) is 16.0 Å². The molecule has 43 heavy (non-hydrogen) atoms. The minimum absolute atomic E-state index is 0.0216. The summed E-state index contributed by atoms with van der Waals surface area (Å²) < 4.78 is 6.54. The topological polar surface area (TPSA) is 133 Å². The number of non-ortho nitro benzene ring substituents is 1. The molecule has 0 aliphatic carbocycles. The highest BCUT2D eigenvalue weighted by Crippen LogP contribution is 2.60. The first-order chi connectivity index (χ1) is 20.5. The Morgan fingerprint density at radius 1 is 1.05 bits per heavy atom. The molecule has 1 spiro atoms. The highest BCUT2D eigenvalue weighted by atomic mass is 28.4. The van der Waals surface area contributed by atoms with Crippen LogP contribution in [0.15, 0.2) is 66.7 Å². The van der Waals surface area contributed by atoms with Gasteiger partial charge in [-0.2, -0.15) is 0 Å². The van der Waals surface area contributed by atoms with Crippen molar-refractivity contribution in [1.82, 2.24) is 0 Å². The number of hydrogen-bond donors (Lipinski definition) is 2. The number of nitro benzene ring substituents is 1. The Balaban J connectivity index is 1.37. The Labute approximate surface area is 250 Å². The summed E-state index contributed by atoms with van der Waals surface area (Å²) in [6.45, 7) is 5.45. The van der Waals surface area contributed by atoms with Crippen LogP contribution in [0.1, 0.15) is 36.5 Å². The Kier molecular flexibility index (Phi) is 7.24. The lowest BCUT2D eigenvalue weighted by atomic mass is 9.82. The smallest absolute Gasteiger partial charge is 0.269 e. The van der Waals surface area contributed by atoms with E-state index in [4.69, 9.17) is 4.74 Å². The van der Waals surface area contributed by atoms with Crippen molar-refractivity contribution in [3.05, 3.63) is 93.5 Å². The molecule has 3 aromatic rings. The predicted octanol–water partition coefficient (Wildman–Crippen LogP) is 4.93. The summed E-state index contributed by atoms with van der Waals surface area (Å²) in [5.41, 5.74) is 2.41. The normalized spacial score (nSPS) is 24.9. The number of hydrogen-bond acceptors (Lipinski definition) is 7. The van der Waals surface area contributed by atoms with E-state index in [0.717, 1.165) is 22.5 Å². The maximum atomic E-state index is 14.4. The van der Waals surface area contributed by atoms with Crippen LogP contribution in [-0.2, 0) is 32.9 Å². The Morgan fingerprint density at radius 3 is 2.44 bits per heavy atom. The van der Waals surface area contributed by atoms with Crippen LogP contribution >= 0.6 is 0 Å². The number of fused-ring (bicyclic) bond motifs is 3. The number of carbonyl (C=O) groups is 2. The molecule has 10 nitrogen and oxygen atoms in total. The van der Waals surface area contributed by atoms with Crippen molar-refractivity contribution >= 4 is 42.9 Å². The predicted molar refractivity (Wildman–Crippen MR) is 164 cm³/mol. The van der Waals surface area contributed by atoms with Crippen molar-refractivity contribution in [2.75, 3.05) is 16.4 Å². The van der Waals surface area contributed by atoms with Crippen molar-refractivity contribution in [3.63, 3.8) is 0 Å². The van der Waals surface area contributed by atoms with Gasteiger partial charge in [-0.3, -0.25) is 24.6 Å². The van der Waals surface area contributed by atoms with Crippen LogP contribution in [0.4, 0.5) is 22.7 Å². The molecule has 3 aliphatic rings. The minimum Gasteiger partial charge on any atom is -0.432 e. The first-order valence-electron chi connectivity index (χ1n) is 14.6. The third kappa shape index (κ3) is 4.67. The SMILES string of the molecule is C[C@@H]1[C@@H]([Si](C)(C)O)[C@H](CCO)O[C@@]12C(=O)N(Cc1ccc(N3C(=O)CCc4ccccc43)cc1)c1ccc([N+](=O)[O-])cc12. The maximum Gasteiger partial charge on any atom is 0.269 e. The van der Waals surface area contributed by atoms with Gasteiger partial charge in [0.1, 0.15) is 0 Å². The summed E-state index contributed by atoms with van der Waals surface area (Å²) in [6, 6.07) is 19.7. The number of anilines is 3. The summed E-state index contributed by atoms with van der Waals surface area (Å²) >= 11 is 0. The second kappa shape index (κ2) is 10.7. The summed E-state index contributed by atoms with van der Waals surface area (Å²) in [7, 11) is -2.89. The molecule has 0 aromatic heterocycles. The lowest BCUT2D eigenvalue weighted by molar-refractivity contribution is -0.385. The number of aliphatic hydroxyl groups excluding tert-OH is 1. The molecular weight excluding hydrogens is 566 g/mol. The maximum absolute atomic E-state index is 14.4. The molecule has 4 atom stereocenters. The average molecular weight is 602 g/mol. The standard InChI is InChI=1S/C32H35N3O7Si/c1-20-30(43(2,3)41)28(16-17-36)42-32(20)25-18-24(35(39)40)13-14-27(25)33(31(32)38)19-21-8-11-23(12-9-21)34-26-7-5-4-6-22(26)10-15-29(34)37/h4-9,11-14,18,20,28,30,36,41H,10,15-17,19H2,1-3H3/t20-,28+,30-,32+/m1/s1. The quantitative estimate of drug-likeness (QED) is 0.223. The van der Waals surface area contributed by atoms with Crippen LogP contribution in [0.3, 0.4) is 0 Å². The van der Waals surface area contributed by atoms with Crippen molar-refractivity contribution in [3.8, 4) is 0 Å². The molecule has 224 valence electrons. The number of nitrogens with zero attached hydrogens (tertiary/aromatic N) is 3. The molecule has 2 N–H and O–H groups in total. The van der Waals surface area contributed by atoms with Gasteiger partial charge >= 0.3 is 0 Å². The number of benzene rings is 3. The molecule has 3 aromatic carbocycles. The number of nitro groups is 1. The van der Waals surface area contributed by atoms with Gasteiger partial charge in [-0.1, -0.05) is 37.3 Å². The number of ether oxygens (including phenoxy) is 1. The number of aryl methyl sites for hydroxylation is 1. The van der Waals surface area contributed by atoms with E-state index in [1.807, 2.05) is 55.5 Å². The Hall–Kier alpha value is -3.90. The van der Waals surface area contributed by atoms with Crippen LogP contribution in [0.5, 0.6) is 0 Å². The Bertz CT molecular complexity index is 1610. The number of amides is 2. The number of aliphatic hydroxyl groups is 1. The lowest BCUT2D eigenvalue weighted by Gasteiger charge is -2.32. The van der Waals surface area contributed by atoms with Gasteiger partial charge in [-0.25, -0.2) is 0 Å². The fourth-order valence-corrected chi connectivity index (χ4v) is 9.98. The highest BCUT2D eigenvalue weighted by Gasteiger charge is 2.66. The molecule has 0 bridgehead atoms. The van der Waals surface area contributed by atoms with E-state index in [-0.39, 0.29) is 42.6 Å². The third-order valence-electron chi connectivity index (χ3n) is 9.22.